The van der Waals surface area contributed by atoms with Crippen LogP contribution < -0.4 is 16.4 Å². The molecule has 6 heteroatoms. The number of aliphatic hydroxyl groups is 1. The number of carbonyl (C=O) groups excluding carboxylic acids is 1. The molecule has 2 rings (SSSR count). The summed E-state index contributed by atoms with van der Waals surface area (Å²) in [7, 11) is 0. The third-order valence-corrected chi connectivity index (χ3v) is 3.93. The molecule has 2 aromatic rings. The number of aliphatic hydroxyl groups excluding tert-OH is 1. The molecule has 0 saturated carbocycles. The Balaban J connectivity index is 1.88. The molecule has 5 nitrogen and oxygen atoms in total. The van der Waals surface area contributed by atoms with Crippen molar-refractivity contribution in [2.75, 3.05) is 11.9 Å². The van der Waals surface area contributed by atoms with Gasteiger partial charge in [-0.3, -0.25) is 0 Å². The van der Waals surface area contributed by atoms with Gasteiger partial charge in [0.25, 0.3) is 0 Å². The number of carbonyl (C=O) groups is 1. The summed E-state index contributed by atoms with van der Waals surface area (Å²) in [5.41, 5.74) is 7.73. The van der Waals surface area contributed by atoms with Gasteiger partial charge in [0, 0.05) is 18.3 Å². The van der Waals surface area contributed by atoms with Gasteiger partial charge in [0.15, 0.2) is 0 Å². The number of hydrogen-bond donors (Lipinski definition) is 4. The van der Waals surface area contributed by atoms with Crippen molar-refractivity contribution in [1.82, 2.24) is 5.32 Å². The summed E-state index contributed by atoms with van der Waals surface area (Å²) in [5, 5.41) is 19.7. The van der Waals surface area contributed by atoms with E-state index in [0.717, 1.165) is 11.1 Å². The third-order valence-electron chi connectivity index (χ3n) is 3.22. The number of nitrogens with one attached hydrogen (secondary N) is 2. The molecule has 0 aliphatic heterocycles. The van der Waals surface area contributed by atoms with Crippen LogP contribution in [0.2, 0.25) is 0 Å². The highest BCUT2D eigenvalue weighted by Crippen LogP contribution is 2.19. The van der Waals surface area contributed by atoms with Gasteiger partial charge in [0.05, 0.1) is 6.10 Å². The molecule has 2 atom stereocenters. The number of rotatable bonds is 6. The van der Waals surface area contributed by atoms with Gasteiger partial charge in [0.1, 0.15) is 0 Å². The first-order valence-corrected chi connectivity index (χ1v) is 7.60. The second-order valence-corrected chi connectivity index (χ2v) is 5.59. The summed E-state index contributed by atoms with van der Waals surface area (Å²) >= 11 is 1.57. The van der Waals surface area contributed by atoms with Crippen molar-refractivity contribution < 1.29 is 9.90 Å². The highest BCUT2D eigenvalue weighted by molar-refractivity contribution is 7.07. The average Bonchev–Trinajstić information content (AvgIpc) is 2.99. The Labute approximate surface area is 127 Å². The number of primary amides is 1. The van der Waals surface area contributed by atoms with Crippen molar-refractivity contribution >= 4 is 23.1 Å². The summed E-state index contributed by atoms with van der Waals surface area (Å²) in [5.74, 6) is 0. The molecule has 1 aromatic carbocycles. The molecule has 21 heavy (non-hydrogen) atoms. The molecular formula is C15H19N3O2S. The average molecular weight is 305 g/mol. The maximum absolute atomic E-state index is 10.7. The highest BCUT2D eigenvalue weighted by atomic mass is 32.1. The lowest BCUT2D eigenvalue weighted by atomic mass is 10.1. The Morgan fingerprint density at radius 2 is 2.00 bits per heavy atom. The Morgan fingerprint density at radius 3 is 2.57 bits per heavy atom. The maximum Gasteiger partial charge on any atom is 0.316 e. The molecule has 0 fully saturated rings. The SMILES string of the molecule is CC(NCC(O)c1ccsc1)c1ccc(NC(N)=O)cc1. The van der Waals surface area contributed by atoms with E-state index in [4.69, 9.17) is 5.73 Å². The third kappa shape index (κ3) is 4.56. The van der Waals surface area contributed by atoms with Crippen LogP contribution in [0.3, 0.4) is 0 Å². The fourth-order valence-electron chi connectivity index (χ4n) is 1.99. The van der Waals surface area contributed by atoms with Crippen molar-refractivity contribution in [3.05, 3.63) is 52.2 Å². The standard InChI is InChI=1S/C15H19N3O2S/c1-10(17-8-14(19)12-6-7-21-9-12)11-2-4-13(5-3-11)18-15(16)20/h2-7,9-10,14,17,19H,8H2,1H3,(H3,16,18,20). The minimum Gasteiger partial charge on any atom is -0.387 e. The Morgan fingerprint density at radius 1 is 1.29 bits per heavy atom. The minimum atomic E-state index is -0.576. The van der Waals surface area contributed by atoms with Crippen molar-refractivity contribution in [2.24, 2.45) is 5.73 Å². The molecular weight excluding hydrogens is 286 g/mol. The second-order valence-electron chi connectivity index (χ2n) is 4.81. The normalized spacial score (nSPS) is 13.6. The molecule has 0 saturated heterocycles. The molecule has 0 aliphatic rings. The lowest BCUT2D eigenvalue weighted by Gasteiger charge is -2.17. The first-order valence-electron chi connectivity index (χ1n) is 6.66. The number of benzene rings is 1. The van der Waals surface area contributed by atoms with Crippen LogP contribution in [0.1, 0.15) is 30.2 Å². The quantitative estimate of drug-likeness (QED) is 0.661. The van der Waals surface area contributed by atoms with Gasteiger partial charge in [-0.25, -0.2) is 4.79 Å². The van der Waals surface area contributed by atoms with E-state index in [1.165, 1.54) is 0 Å². The smallest absolute Gasteiger partial charge is 0.316 e. The van der Waals surface area contributed by atoms with E-state index in [2.05, 4.69) is 10.6 Å². The molecule has 1 heterocycles. The van der Waals surface area contributed by atoms with Gasteiger partial charge < -0.3 is 21.5 Å². The van der Waals surface area contributed by atoms with Crippen LogP contribution in [0.5, 0.6) is 0 Å². The molecule has 2 unspecified atom stereocenters. The fourth-order valence-corrected chi connectivity index (χ4v) is 2.69. The van der Waals surface area contributed by atoms with Crippen molar-refractivity contribution in [3.63, 3.8) is 0 Å². The number of anilines is 1. The second kappa shape index (κ2) is 7.21. The predicted octanol–water partition coefficient (Wildman–Crippen LogP) is 2.62. The van der Waals surface area contributed by atoms with Gasteiger partial charge in [-0.05, 0) is 47.0 Å². The van der Waals surface area contributed by atoms with E-state index in [1.54, 1.807) is 23.5 Å². The summed E-state index contributed by atoms with van der Waals surface area (Å²) in [6.07, 6.45) is -0.505. The number of amides is 2. The van der Waals surface area contributed by atoms with E-state index in [0.29, 0.717) is 12.2 Å². The summed E-state index contributed by atoms with van der Waals surface area (Å²) in [6.45, 7) is 2.51. The summed E-state index contributed by atoms with van der Waals surface area (Å²) < 4.78 is 0. The summed E-state index contributed by atoms with van der Waals surface area (Å²) in [6, 6.07) is 8.88. The van der Waals surface area contributed by atoms with Crippen LogP contribution in [0, 0.1) is 0 Å². The van der Waals surface area contributed by atoms with E-state index >= 15 is 0 Å². The molecule has 2 amide bonds. The van der Waals surface area contributed by atoms with Crippen LogP contribution in [-0.2, 0) is 0 Å². The van der Waals surface area contributed by atoms with Gasteiger partial charge in [-0.15, -0.1) is 0 Å². The van der Waals surface area contributed by atoms with Crippen molar-refractivity contribution in [2.45, 2.75) is 19.1 Å². The van der Waals surface area contributed by atoms with E-state index in [-0.39, 0.29) is 6.04 Å². The van der Waals surface area contributed by atoms with Gasteiger partial charge in [0.2, 0.25) is 0 Å². The number of urea groups is 1. The van der Waals surface area contributed by atoms with Gasteiger partial charge >= 0.3 is 6.03 Å². The predicted molar refractivity (Wildman–Crippen MR) is 85.3 cm³/mol. The molecule has 0 aliphatic carbocycles. The molecule has 0 spiro atoms. The maximum atomic E-state index is 10.7. The molecule has 0 radical (unpaired) electrons. The zero-order valence-electron chi connectivity index (χ0n) is 11.7. The van der Waals surface area contributed by atoms with Crippen molar-refractivity contribution in [1.29, 1.82) is 0 Å². The number of hydrogen-bond acceptors (Lipinski definition) is 4. The monoisotopic (exact) mass is 305 g/mol. The fraction of sp³-hybridized carbons (Fsp3) is 0.267. The summed E-state index contributed by atoms with van der Waals surface area (Å²) in [4.78, 5) is 10.7. The van der Waals surface area contributed by atoms with Crippen LogP contribution in [-0.4, -0.2) is 17.7 Å². The topological polar surface area (TPSA) is 87.4 Å². The zero-order valence-corrected chi connectivity index (χ0v) is 12.6. The largest absolute Gasteiger partial charge is 0.387 e. The Hall–Kier alpha value is -1.89. The van der Waals surface area contributed by atoms with Crippen LogP contribution in [0.4, 0.5) is 10.5 Å². The van der Waals surface area contributed by atoms with Gasteiger partial charge in [-0.2, -0.15) is 11.3 Å². The van der Waals surface area contributed by atoms with E-state index < -0.39 is 12.1 Å². The minimum absolute atomic E-state index is 0.0981. The zero-order chi connectivity index (χ0) is 15.2. The molecule has 0 bridgehead atoms. The van der Waals surface area contributed by atoms with Crippen LogP contribution in [0.15, 0.2) is 41.1 Å². The Bertz CT molecular complexity index is 569. The Kier molecular flexibility index (Phi) is 5.32. The lowest BCUT2D eigenvalue weighted by Crippen LogP contribution is -2.24. The van der Waals surface area contributed by atoms with Crippen molar-refractivity contribution in [3.8, 4) is 0 Å². The van der Waals surface area contributed by atoms with E-state index in [1.807, 2.05) is 35.9 Å². The van der Waals surface area contributed by atoms with Crippen LogP contribution >= 0.6 is 11.3 Å². The number of thiophene rings is 1. The lowest BCUT2D eigenvalue weighted by molar-refractivity contribution is 0.171. The molecule has 112 valence electrons. The molecule has 5 N–H and O–H groups in total. The molecule has 1 aromatic heterocycles. The first-order chi connectivity index (χ1) is 10.1. The number of nitrogens with two attached hydrogens (primary N) is 1. The van der Waals surface area contributed by atoms with Crippen LogP contribution in [0.25, 0.3) is 0 Å². The highest BCUT2D eigenvalue weighted by Gasteiger charge is 2.11. The van der Waals surface area contributed by atoms with E-state index in [9.17, 15) is 9.90 Å². The first kappa shape index (κ1) is 15.5. The van der Waals surface area contributed by atoms with Gasteiger partial charge in [-0.1, -0.05) is 12.1 Å².